The van der Waals surface area contributed by atoms with Gasteiger partial charge < -0.3 is 69.3 Å². The van der Waals surface area contributed by atoms with E-state index < -0.39 is 0 Å². The zero-order valence-electron chi connectivity index (χ0n) is 52.7. The van der Waals surface area contributed by atoms with Crippen molar-refractivity contribution in [2.75, 3.05) is 110 Å². The number of hydrogen-bond acceptors (Lipinski definition) is 19. The maximum Gasteiger partial charge on any atom is 0.294 e. The number of nitrogens with two attached hydrogens (primary N) is 1. The standard InChI is InChI=1S/C26H22N4O4S.C26H24N4O3S.C22H21N3O2S/c31-24-15-19(30-8-10-33-11-9-30)14-21(29-24)20-3-1-2-16-12-17-13-18(4-5-23(17)35-25(16)20)28-26(32)22-6-7-27-34-22;31-25-15-20(30-8-10-32-11-9-30)14-23(29-25)22-3-1-2-17-12-18-13-19(4-5-24(18)34-26(17)22)27-16-21-6-7-28-33-21;23-16-4-5-20-15(11-16)10-14-2-1-3-18(22(14)28-20)19-12-17(13-21(26)24-19)25-6-8-27-9-7-25/h1-7,13-15H,8-12H2,(H,28,32)(H,29,31);1-7,13-15,27H,8-12,16H2,(H,29,31);1-5,11-13H,6-10,23H2,(H,24,26). The maximum atomic E-state index is 12.5. The van der Waals surface area contributed by atoms with Gasteiger partial charge in [-0.1, -0.05) is 100 Å². The highest BCUT2D eigenvalue weighted by atomic mass is 32.2. The lowest BCUT2D eigenvalue weighted by atomic mass is 9.99. The summed E-state index contributed by atoms with van der Waals surface area (Å²) in [6, 6.07) is 51.9. The molecule has 0 unspecified atom stereocenters. The number of H-pyrrole nitrogens is 3. The lowest BCUT2D eigenvalue weighted by Crippen LogP contribution is -2.36. The number of amides is 1. The van der Waals surface area contributed by atoms with Crippen LogP contribution in [-0.2, 0) is 40.0 Å². The van der Waals surface area contributed by atoms with Crippen LogP contribution in [-0.4, -0.2) is 110 Å². The SMILES string of the molecule is Nc1ccc2c(c1)Cc1cccc(-c3cc(N4CCOCC4)cc(=O)[nH]3)c1S2.O=C(Nc1ccc2c(c1)Cc1cccc(-c3cc(N4CCOCC4)cc(=O)[nH]3)c1S2)c1ccno1.O=c1cc(N2CCOCC2)cc(-c2cccc3c2Sc2ccc(NCc4ccno4)cc2C3)[nH]1. The summed E-state index contributed by atoms with van der Waals surface area (Å²) >= 11 is 5.19. The summed E-state index contributed by atoms with van der Waals surface area (Å²) in [5.74, 6) is 0.633. The Balaban J connectivity index is 0.000000120. The van der Waals surface area contributed by atoms with E-state index in [1.54, 1.807) is 59.7 Å². The molecule has 490 valence electrons. The number of benzene rings is 6. The smallest absolute Gasteiger partial charge is 0.294 e. The van der Waals surface area contributed by atoms with E-state index in [-0.39, 0.29) is 28.3 Å². The van der Waals surface area contributed by atoms with Gasteiger partial charge in [0.15, 0.2) is 5.76 Å². The van der Waals surface area contributed by atoms with E-state index in [9.17, 15) is 19.2 Å². The number of aromatic nitrogens is 5. The molecule has 97 heavy (non-hydrogen) atoms. The first-order valence-corrected chi connectivity index (χ1v) is 34.6. The van der Waals surface area contributed by atoms with Gasteiger partial charge in [-0.2, -0.15) is 0 Å². The Morgan fingerprint density at radius 3 is 1.30 bits per heavy atom. The van der Waals surface area contributed by atoms with Gasteiger partial charge in [-0.25, -0.2) is 0 Å². The first-order chi connectivity index (χ1) is 47.5. The third-order valence-electron chi connectivity index (χ3n) is 17.6. The number of nitrogens with zero attached hydrogens (tertiary/aromatic N) is 5. The summed E-state index contributed by atoms with van der Waals surface area (Å²) in [5.41, 5.74) is 24.1. The van der Waals surface area contributed by atoms with Crippen LogP contribution in [0, 0.1) is 0 Å². The molecule has 0 atom stereocenters. The number of anilines is 6. The molecule has 0 radical (unpaired) electrons. The minimum atomic E-state index is -0.335. The number of hydrogen-bond donors (Lipinski definition) is 6. The first kappa shape index (κ1) is 63.1. The molecular formula is C74H67N11O9S3. The summed E-state index contributed by atoms with van der Waals surface area (Å²) in [6.07, 6.45) is 5.52. The molecule has 3 fully saturated rings. The number of fused-ring (bicyclic) bond motifs is 6. The van der Waals surface area contributed by atoms with Crippen LogP contribution >= 0.6 is 35.3 Å². The number of nitrogen functional groups attached to an aromatic ring is 1. The average Bonchev–Trinajstić information content (AvgIpc) is 1.13. The fourth-order valence-corrected chi connectivity index (χ4v) is 16.4. The van der Waals surface area contributed by atoms with E-state index in [0.717, 1.165) is 142 Å². The summed E-state index contributed by atoms with van der Waals surface area (Å²) < 4.78 is 26.5. The van der Waals surface area contributed by atoms with Crippen molar-refractivity contribution in [3.05, 3.63) is 246 Å². The van der Waals surface area contributed by atoms with Crippen molar-refractivity contribution in [1.82, 2.24) is 25.3 Å². The van der Waals surface area contributed by atoms with Gasteiger partial charge in [-0.05, 0) is 125 Å². The zero-order valence-corrected chi connectivity index (χ0v) is 55.1. The van der Waals surface area contributed by atoms with Crippen LogP contribution in [0.1, 0.15) is 49.7 Å². The van der Waals surface area contributed by atoms with Gasteiger partial charge in [0.2, 0.25) is 22.4 Å². The molecule has 11 heterocycles. The van der Waals surface area contributed by atoms with Gasteiger partial charge in [0, 0.05) is 150 Å². The van der Waals surface area contributed by atoms with E-state index in [1.165, 1.54) is 59.7 Å². The van der Waals surface area contributed by atoms with Crippen molar-refractivity contribution in [3.8, 4) is 33.8 Å². The highest BCUT2D eigenvalue weighted by Gasteiger charge is 2.26. The Morgan fingerprint density at radius 1 is 0.454 bits per heavy atom. The number of carbonyl (C=O) groups excluding carboxylic acids is 1. The predicted molar refractivity (Wildman–Crippen MR) is 379 cm³/mol. The highest BCUT2D eigenvalue weighted by molar-refractivity contribution is 8.00. The topological polar surface area (TPSA) is 255 Å². The second-order valence-electron chi connectivity index (χ2n) is 24.0. The molecule has 11 aromatic rings. The fourth-order valence-electron chi connectivity index (χ4n) is 12.9. The average molecular weight is 1350 g/mol. The Hall–Kier alpha value is -10.0. The molecule has 1 amide bonds. The molecule has 6 aromatic carbocycles. The minimum absolute atomic E-state index is 0.0782. The molecule has 5 aromatic heterocycles. The highest BCUT2D eigenvalue weighted by Crippen LogP contribution is 2.48. The fraction of sp³-hybridized carbons (Fsp3) is 0.216. The lowest BCUT2D eigenvalue weighted by molar-refractivity contribution is 0.0987. The second-order valence-corrected chi connectivity index (χ2v) is 27.2. The number of nitrogens with one attached hydrogen (secondary N) is 5. The molecular weight excluding hydrogens is 1280 g/mol. The predicted octanol–water partition coefficient (Wildman–Crippen LogP) is 12.2. The van der Waals surface area contributed by atoms with Crippen LogP contribution in [0.3, 0.4) is 0 Å². The van der Waals surface area contributed by atoms with E-state index in [1.807, 2.05) is 36.4 Å². The van der Waals surface area contributed by atoms with Crippen LogP contribution in [0.4, 0.5) is 34.1 Å². The molecule has 0 aliphatic carbocycles. The van der Waals surface area contributed by atoms with Crippen molar-refractivity contribution >= 4 is 75.3 Å². The molecule has 3 saturated heterocycles. The zero-order chi connectivity index (χ0) is 65.8. The number of ether oxygens (including phenoxy) is 3. The lowest BCUT2D eigenvalue weighted by Gasteiger charge is -2.29. The van der Waals surface area contributed by atoms with Crippen LogP contribution < -0.4 is 47.7 Å². The maximum absolute atomic E-state index is 12.5. The van der Waals surface area contributed by atoms with Crippen LogP contribution in [0.15, 0.2) is 223 Å². The van der Waals surface area contributed by atoms with Crippen LogP contribution in [0.2, 0.25) is 0 Å². The van der Waals surface area contributed by atoms with Crippen molar-refractivity contribution in [2.45, 2.75) is 55.2 Å². The summed E-state index contributed by atoms with van der Waals surface area (Å²) in [6.45, 7) is 9.42. The first-order valence-electron chi connectivity index (χ1n) is 32.2. The van der Waals surface area contributed by atoms with Gasteiger partial charge in [-0.3, -0.25) is 19.2 Å². The van der Waals surface area contributed by atoms with E-state index >= 15 is 0 Å². The molecule has 20 nitrogen and oxygen atoms in total. The summed E-state index contributed by atoms with van der Waals surface area (Å²) in [5, 5.41) is 13.6. The van der Waals surface area contributed by atoms with Gasteiger partial charge >= 0.3 is 0 Å². The largest absolute Gasteiger partial charge is 0.399 e. The number of carbonyl (C=O) groups is 1. The van der Waals surface area contributed by atoms with Crippen molar-refractivity contribution in [1.29, 1.82) is 0 Å². The van der Waals surface area contributed by atoms with Gasteiger partial charge in [0.1, 0.15) is 0 Å². The third-order valence-corrected chi connectivity index (χ3v) is 21.6. The van der Waals surface area contributed by atoms with Crippen LogP contribution in [0.25, 0.3) is 33.8 Å². The van der Waals surface area contributed by atoms with Gasteiger partial charge in [0.05, 0.1) is 75.7 Å². The molecule has 17 rings (SSSR count). The molecule has 7 N–H and O–H groups in total. The van der Waals surface area contributed by atoms with Gasteiger partial charge in [-0.15, -0.1) is 0 Å². The van der Waals surface area contributed by atoms with Crippen LogP contribution in [0.5, 0.6) is 0 Å². The van der Waals surface area contributed by atoms with Crippen molar-refractivity contribution in [3.63, 3.8) is 0 Å². The van der Waals surface area contributed by atoms with E-state index in [0.29, 0.717) is 51.9 Å². The summed E-state index contributed by atoms with van der Waals surface area (Å²) in [7, 11) is 0. The molecule has 0 spiro atoms. The Kier molecular flexibility index (Phi) is 18.4. The van der Waals surface area contributed by atoms with Crippen molar-refractivity contribution < 1.29 is 28.1 Å². The summed E-state index contributed by atoms with van der Waals surface area (Å²) in [4.78, 5) is 72.7. The minimum Gasteiger partial charge on any atom is -0.399 e. The normalized spacial score (nSPS) is 15.2. The number of aromatic amines is 3. The van der Waals surface area contributed by atoms with E-state index in [4.69, 9.17) is 29.0 Å². The number of pyridine rings is 3. The molecule has 6 aliphatic rings. The Morgan fingerprint density at radius 2 is 0.866 bits per heavy atom. The molecule has 23 heteroatoms. The molecule has 6 aliphatic heterocycles. The third kappa shape index (κ3) is 14.3. The Labute approximate surface area is 570 Å². The Bertz CT molecular complexity index is 4910. The monoisotopic (exact) mass is 1350 g/mol. The molecule has 0 saturated carbocycles. The van der Waals surface area contributed by atoms with Gasteiger partial charge in [0.25, 0.3) is 5.91 Å². The van der Waals surface area contributed by atoms with Crippen molar-refractivity contribution in [2.24, 2.45) is 0 Å². The second kappa shape index (κ2) is 28.4. The van der Waals surface area contributed by atoms with E-state index in [2.05, 4.69) is 148 Å². The quantitative estimate of drug-likeness (QED) is 0.0658. The number of rotatable bonds is 11. The molecule has 0 bridgehead atoms. The number of morpholine rings is 3.